The summed E-state index contributed by atoms with van der Waals surface area (Å²) in [6.45, 7) is 3.61. The van der Waals surface area contributed by atoms with E-state index in [0.29, 0.717) is 25.3 Å². The number of carbonyl (C=O) groups excluding carboxylic acids is 1. The number of ether oxygens (including phenoxy) is 1. The molecule has 1 rings (SSSR count). The van der Waals surface area contributed by atoms with E-state index in [9.17, 15) is 9.59 Å². The highest BCUT2D eigenvalue weighted by Gasteiger charge is 2.17. The van der Waals surface area contributed by atoms with Gasteiger partial charge in [-0.1, -0.05) is 13.3 Å². The standard InChI is InChI=1S/C14H20N2O4/c1-3-4-7-16(8-9-20-2)13(17)11-5-6-15-12(10-11)14(18)19/h5-6,10H,3-4,7-9H2,1-2H3,(H,18,19). The van der Waals surface area contributed by atoms with Crippen LogP contribution in [0.3, 0.4) is 0 Å². The van der Waals surface area contributed by atoms with Gasteiger partial charge in [-0.3, -0.25) is 4.79 Å². The Bertz CT molecular complexity index is 454. The Hall–Kier alpha value is -1.95. The Morgan fingerprint density at radius 3 is 2.75 bits per heavy atom. The largest absolute Gasteiger partial charge is 0.477 e. The number of methoxy groups -OCH3 is 1. The number of amides is 1. The van der Waals surface area contributed by atoms with Gasteiger partial charge in [-0.2, -0.15) is 0 Å². The number of nitrogens with zero attached hydrogens (tertiary/aromatic N) is 2. The lowest BCUT2D eigenvalue weighted by atomic mass is 10.2. The fourth-order valence-electron chi connectivity index (χ4n) is 1.73. The quantitative estimate of drug-likeness (QED) is 0.783. The number of unbranched alkanes of at least 4 members (excludes halogenated alkanes) is 1. The van der Waals surface area contributed by atoms with E-state index < -0.39 is 5.97 Å². The first kappa shape index (κ1) is 16.1. The minimum absolute atomic E-state index is 0.127. The van der Waals surface area contributed by atoms with Crippen molar-refractivity contribution in [2.24, 2.45) is 0 Å². The van der Waals surface area contributed by atoms with Gasteiger partial charge in [-0.25, -0.2) is 9.78 Å². The van der Waals surface area contributed by atoms with Crippen LogP contribution in [0.5, 0.6) is 0 Å². The van der Waals surface area contributed by atoms with Crippen LogP contribution in [-0.2, 0) is 4.74 Å². The molecule has 0 aliphatic heterocycles. The van der Waals surface area contributed by atoms with Crippen LogP contribution in [-0.4, -0.2) is 53.7 Å². The summed E-state index contributed by atoms with van der Waals surface area (Å²) >= 11 is 0. The average Bonchev–Trinajstić information content (AvgIpc) is 2.47. The van der Waals surface area contributed by atoms with Crippen molar-refractivity contribution in [2.75, 3.05) is 26.8 Å². The van der Waals surface area contributed by atoms with E-state index in [1.807, 2.05) is 6.92 Å². The molecule has 0 aliphatic rings. The van der Waals surface area contributed by atoms with Crippen molar-refractivity contribution < 1.29 is 19.4 Å². The number of carboxylic acids is 1. The van der Waals surface area contributed by atoms with Crippen LogP contribution < -0.4 is 0 Å². The number of carboxylic acid groups (broad SMARTS) is 1. The van der Waals surface area contributed by atoms with E-state index in [1.165, 1.54) is 18.3 Å². The zero-order chi connectivity index (χ0) is 15.0. The number of hydrogen-bond acceptors (Lipinski definition) is 4. The lowest BCUT2D eigenvalue weighted by molar-refractivity contribution is 0.0689. The summed E-state index contributed by atoms with van der Waals surface area (Å²) in [6.07, 6.45) is 3.21. The summed E-state index contributed by atoms with van der Waals surface area (Å²) in [6, 6.07) is 2.83. The molecule has 6 nitrogen and oxygen atoms in total. The number of hydrogen-bond donors (Lipinski definition) is 1. The molecule has 1 N–H and O–H groups in total. The molecule has 6 heteroatoms. The minimum atomic E-state index is -1.14. The Kier molecular flexibility index (Phi) is 6.66. The first-order valence-corrected chi connectivity index (χ1v) is 6.57. The lowest BCUT2D eigenvalue weighted by Crippen LogP contribution is -2.35. The van der Waals surface area contributed by atoms with Crippen molar-refractivity contribution in [2.45, 2.75) is 19.8 Å². The molecule has 20 heavy (non-hydrogen) atoms. The van der Waals surface area contributed by atoms with Gasteiger partial charge in [0.25, 0.3) is 5.91 Å². The summed E-state index contributed by atoms with van der Waals surface area (Å²) in [5.41, 5.74) is 0.211. The molecule has 0 saturated heterocycles. The summed E-state index contributed by atoms with van der Waals surface area (Å²) in [7, 11) is 1.58. The molecule has 0 unspecified atom stereocenters. The Labute approximate surface area is 118 Å². The van der Waals surface area contributed by atoms with Gasteiger partial charge in [0, 0.05) is 32.0 Å². The third-order valence-corrected chi connectivity index (χ3v) is 2.86. The molecule has 1 amide bonds. The zero-order valence-corrected chi connectivity index (χ0v) is 11.8. The minimum Gasteiger partial charge on any atom is -0.477 e. The first-order chi connectivity index (χ1) is 9.60. The van der Waals surface area contributed by atoms with Crippen molar-refractivity contribution in [3.8, 4) is 0 Å². The molecular weight excluding hydrogens is 260 g/mol. The molecule has 1 aromatic rings. The fourth-order valence-corrected chi connectivity index (χ4v) is 1.73. The second-order valence-corrected chi connectivity index (χ2v) is 4.37. The summed E-state index contributed by atoms with van der Waals surface area (Å²) in [5.74, 6) is -1.34. The molecule has 0 radical (unpaired) electrons. The van der Waals surface area contributed by atoms with Crippen molar-refractivity contribution in [1.29, 1.82) is 0 Å². The van der Waals surface area contributed by atoms with E-state index in [1.54, 1.807) is 12.0 Å². The number of rotatable bonds is 8. The van der Waals surface area contributed by atoms with Gasteiger partial charge >= 0.3 is 5.97 Å². The Balaban J connectivity index is 2.86. The molecule has 0 atom stereocenters. The van der Waals surface area contributed by atoms with E-state index in [2.05, 4.69) is 4.98 Å². The molecule has 0 bridgehead atoms. The van der Waals surface area contributed by atoms with Crippen molar-refractivity contribution in [3.63, 3.8) is 0 Å². The smallest absolute Gasteiger partial charge is 0.354 e. The van der Waals surface area contributed by atoms with Crippen LogP contribution >= 0.6 is 0 Å². The molecule has 0 aromatic carbocycles. The molecule has 0 spiro atoms. The van der Waals surface area contributed by atoms with Gasteiger partial charge in [0.15, 0.2) is 0 Å². The molecule has 0 fully saturated rings. The van der Waals surface area contributed by atoms with Crippen molar-refractivity contribution >= 4 is 11.9 Å². The Morgan fingerprint density at radius 2 is 2.15 bits per heavy atom. The van der Waals surface area contributed by atoms with Gasteiger partial charge < -0.3 is 14.7 Å². The highest BCUT2D eigenvalue weighted by atomic mass is 16.5. The highest BCUT2D eigenvalue weighted by molar-refractivity contribution is 5.96. The van der Waals surface area contributed by atoms with Gasteiger partial charge in [0.05, 0.1) is 6.61 Å². The number of aromatic nitrogens is 1. The van der Waals surface area contributed by atoms with Gasteiger partial charge in [0.2, 0.25) is 0 Å². The normalized spacial score (nSPS) is 10.3. The molecular formula is C14H20N2O4. The first-order valence-electron chi connectivity index (χ1n) is 6.57. The van der Waals surface area contributed by atoms with E-state index >= 15 is 0 Å². The van der Waals surface area contributed by atoms with E-state index in [0.717, 1.165) is 12.8 Å². The second kappa shape index (κ2) is 8.27. The van der Waals surface area contributed by atoms with Crippen molar-refractivity contribution in [1.82, 2.24) is 9.88 Å². The maximum Gasteiger partial charge on any atom is 0.354 e. The second-order valence-electron chi connectivity index (χ2n) is 4.37. The van der Waals surface area contributed by atoms with Gasteiger partial charge in [-0.05, 0) is 18.6 Å². The maximum absolute atomic E-state index is 12.4. The monoisotopic (exact) mass is 280 g/mol. The fraction of sp³-hybridized carbons (Fsp3) is 0.500. The predicted molar refractivity (Wildman–Crippen MR) is 73.9 cm³/mol. The van der Waals surface area contributed by atoms with E-state index in [4.69, 9.17) is 9.84 Å². The molecule has 1 aromatic heterocycles. The van der Waals surface area contributed by atoms with Crippen LogP contribution in [0.25, 0.3) is 0 Å². The van der Waals surface area contributed by atoms with Crippen LogP contribution in [0.4, 0.5) is 0 Å². The zero-order valence-electron chi connectivity index (χ0n) is 11.8. The maximum atomic E-state index is 12.4. The number of pyridine rings is 1. The lowest BCUT2D eigenvalue weighted by Gasteiger charge is -2.22. The van der Waals surface area contributed by atoms with Gasteiger partial charge in [-0.15, -0.1) is 0 Å². The van der Waals surface area contributed by atoms with E-state index in [-0.39, 0.29) is 11.6 Å². The highest BCUT2D eigenvalue weighted by Crippen LogP contribution is 2.08. The number of carbonyl (C=O) groups is 2. The summed E-state index contributed by atoms with van der Waals surface area (Å²) in [4.78, 5) is 28.6. The topological polar surface area (TPSA) is 79.7 Å². The summed E-state index contributed by atoms with van der Waals surface area (Å²) < 4.78 is 5.00. The third kappa shape index (κ3) is 4.62. The molecule has 0 saturated carbocycles. The average molecular weight is 280 g/mol. The van der Waals surface area contributed by atoms with Crippen LogP contribution in [0.15, 0.2) is 18.3 Å². The third-order valence-electron chi connectivity index (χ3n) is 2.86. The van der Waals surface area contributed by atoms with Crippen LogP contribution in [0, 0.1) is 0 Å². The molecule has 1 heterocycles. The van der Waals surface area contributed by atoms with Crippen LogP contribution in [0.2, 0.25) is 0 Å². The molecule has 0 aliphatic carbocycles. The number of aromatic carboxylic acids is 1. The Morgan fingerprint density at radius 1 is 1.40 bits per heavy atom. The predicted octanol–water partition coefficient (Wildman–Crippen LogP) is 1.67. The summed E-state index contributed by atoms with van der Waals surface area (Å²) in [5, 5.41) is 8.91. The molecule has 110 valence electrons. The SMILES string of the molecule is CCCCN(CCOC)C(=O)c1ccnc(C(=O)O)c1. The van der Waals surface area contributed by atoms with Crippen molar-refractivity contribution in [3.05, 3.63) is 29.6 Å². The van der Waals surface area contributed by atoms with Gasteiger partial charge in [0.1, 0.15) is 5.69 Å². The van der Waals surface area contributed by atoms with Crippen LogP contribution in [0.1, 0.15) is 40.6 Å².